The van der Waals surface area contributed by atoms with E-state index in [0.717, 1.165) is 22.5 Å². The van der Waals surface area contributed by atoms with Crippen molar-refractivity contribution >= 4 is 33.0 Å². The molecule has 3 heterocycles. The van der Waals surface area contributed by atoms with Crippen LogP contribution >= 0.6 is 11.3 Å². The summed E-state index contributed by atoms with van der Waals surface area (Å²) in [6.07, 6.45) is 4.54. The van der Waals surface area contributed by atoms with Crippen LogP contribution in [0.2, 0.25) is 0 Å². The Morgan fingerprint density at radius 1 is 1.32 bits per heavy atom. The van der Waals surface area contributed by atoms with E-state index in [0.29, 0.717) is 36.7 Å². The van der Waals surface area contributed by atoms with E-state index >= 15 is 0 Å². The molecule has 1 aliphatic carbocycles. The molecule has 3 atom stereocenters. The molecule has 150 valence electrons. The summed E-state index contributed by atoms with van der Waals surface area (Å²) in [4.78, 5) is 25.2. The Bertz CT molecular complexity index is 1060. The van der Waals surface area contributed by atoms with Gasteiger partial charge in [0.1, 0.15) is 11.3 Å². The monoisotopic (exact) mass is 400 g/mol. The van der Waals surface area contributed by atoms with Gasteiger partial charge in [0.15, 0.2) is 0 Å². The van der Waals surface area contributed by atoms with Crippen molar-refractivity contribution < 1.29 is 4.79 Å². The number of fused-ring (bicyclic) bond motifs is 3. The molecule has 0 aromatic carbocycles. The highest BCUT2D eigenvalue weighted by Gasteiger charge is 2.27. The van der Waals surface area contributed by atoms with E-state index in [1.807, 2.05) is 28.8 Å². The van der Waals surface area contributed by atoms with Crippen LogP contribution in [0.4, 0.5) is 0 Å². The lowest BCUT2D eigenvalue weighted by molar-refractivity contribution is -0.122. The summed E-state index contributed by atoms with van der Waals surface area (Å²) in [5, 5.41) is 9.71. The molecule has 4 rings (SSSR count). The van der Waals surface area contributed by atoms with Crippen LogP contribution in [-0.2, 0) is 11.3 Å². The van der Waals surface area contributed by atoms with E-state index in [2.05, 4.69) is 24.3 Å². The number of carbonyl (C=O) groups excluding carboxylic acids is 1. The molecular weight excluding hydrogens is 372 g/mol. The van der Waals surface area contributed by atoms with Gasteiger partial charge in [-0.1, -0.05) is 26.7 Å². The molecule has 1 amide bonds. The number of hydrogen-bond acceptors (Lipinski definition) is 4. The first-order valence-corrected chi connectivity index (χ1v) is 11.1. The van der Waals surface area contributed by atoms with Crippen molar-refractivity contribution in [3.05, 3.63) is 33.7 Å². The lowest BCUT2D eigenvalue weighted by atomic mass is 9.78. The van der Waals surface area contributed by atoms with Crippen molar-refractivity contribution in [1.82, 2.24) is 19.5 Å². The molecule has 0 saturated heterocycles. The summed E-state index contributed by atoms with van der Waals surface area (Å²) in [7, 11) is 0. The summed E-state index contributed by atoms with van der Waals surface area (Å²) in [5.41, 5.74) is 1.59. The Balaban J connectivity index is 1.41. The van der Waals surface area contributed by atoms with Gasteiger partial charge < -0.3 is 5.32 Å². The van der Waals surface area contributed by atoms with E-state index in [-0.39, 0.29) is 17.5 Å². The highest BCUT2D eigenvalue weighted by atomic mass is 32.1. The van der Waals surface area contributed by atoms with Crippen molar-refractivity contribution in [2.24, 2.45) is 11.8 Å². The summed E-state index contributed by atoms with van der Waals surface area (Å²) in [6, 6.07) is 4.23. The van der Waals surface area contributed by atoms with Crippen molar-refractivity contribution in [2.75, 3.05) is 0 Å². The minimum Gasteiger partial charge on any atom is -0.353 e. The Kier molecular flexibility index (Phi) is 5.27. The first-order valence-electron chi connectivity index (χ1n) is 10.2. The standard InChI is InChI=1S/C21H28N4O2S/c1-13-6-4-7-16(14(13)2)22-20(26)8-5-10-24-21(27)18-12-19-17(9-11-28-19)25(18)15(3)23-24/h9,11-14,16H,4-8,10H2,1-3H3,(H,22,26)/t13-,14-,16+/m0/s1. The van der Waals surface area contributed by atoms with Gasteiger partial charge in [0.25, 0.3) is 5.56 Å². The molecule has 0 bridgehead atoms. The molecule has 3 aromatic heterocycles. The number of rotatable bonds is 5. The molecule has 6 nitrogen and oxygen atoms in total. The van der Waals surface area contributed by atoms with Crippen LogP contribution in [0, 0.1) is 18.8 Å². The average Bonchev–Trinajstić information content (AvgIpc) is 3.24. The third-order valence-electron chi connectivity index (χ3n) is 6.29. The minimum absolute atomic E-state index is 0.0833. The van der Waals surface area contributed by atoms with Crippen LogP contribution in [0.25, 0.3) is 15.7 Å². The van der Waals surface area contributed by atoms with Crippen LogP contribution < -0.4 is 10.9 Å². The van der Waals surface area contributed by atoms with E-state index in [1.165, 1.54) is 17.5 Å². The smallest absolute Gasteiger partial charge is 0.291 e. The summed E-state index contributed by atoms with van der Waals surface area (Å²) < 4.78 is 4.52. The third kappa shape index (κ3) is 3.48. The first kappa shape index (κ1) is 19.2. The predicted molar refractivity (Wildman–Crippen MR) is 113 cm³/mol. The molecule has 1 fully saturated rings. The second-order valence-electron chi connectivity index (χ2n) is 8.16. The van der Waals surface area contributed by atoms with Crippen molar-refractivity contribution in [3.8, 4) is 0 Å². The molecule has 28 heavy (non-hydrogen) atoms. The van der Waals surface area contributed by atoms with E-state index in [4.69, 9.17) is 0 Å². The zero-order chi connectivity index (χ0) is 19.8. The summed E-state index contributed by atoms with van der Waals surface area (Å²) in [5.74, 6) is 2.06. The SMILES string of the molecule is Cc1nn(CCCC(=O)N[C@@H]2CCC[C@H](C)[C@@H]2C)c(=O)c2cc3sccc3n12. The van der Waals surface area contributed by atoms with Gasteiger partial charge in [-0.2, -0.15) is 5.10 Å². The molecule has 0 unspecified atom stereocenters. The predicted octanol–water partition coefficient (Wildman–Crippen LogP) is 3.74. The number of nitrogens with zero attached hydrogens (tertiary/aromatic N) is 3. The number of aryl methyl sites for hydroxylation is 2. The van der Waals surface area contributed by atoms with Gasteiger partial charge in [-0.15, -0.1) is 11.3 Å². The van der Waals surface area contributed by atoms with Crippen molar-refractivity contribution in [3.63, 3.8) is 0 Å². The van der Waals surface area contributed by atoms with E-state index in [1.54, 1.807) is 11.3 Å². The maximum atomic E-state index is 12.8. The zero-order valence-electron chi connectivity index (χ0n) is 16.8. The third-order valence-corrected chi connectivity index (χ3v) is 7.15. The number of hydrogen-bond donors (Lipinski definition) is 1. The summed E-state index contributed by atoms with van der Waals surface area (Å²) in [6.45, 7) is 6.88. The molecule has 7 heteroatoms. The zero-order valence-corrected chi connectivity index (χ0v) is 17.6. The Morgan fingerprint density at radius 3 is 2.96 bits per heavy atom. The molecular formula is C21H28N4O2S. The molecule has 1 N–H and O–H groups in total. The van der Waals surface area contributed by atoms with Crippen LogP contribution in [0.1, 0.15) is 51.8 Å². The largest absolute Gasteiger partial charge is 0.353 e. The Hall–Kier alpha value is -2.15. The van der Waals surface area contributed by atoms with Gasteiger partial charge in [-0.3, -0.25) is 14.0 Å². The van der Waals surface area contributed by atoms with Crippen LogP contribution in [0.5, 0.6) is 0 Å². The van der Waals surface area contributed by atoms with Gasteiger partial charge in [-0.25, -0.2) is 4.68 Å². The van der Waals surface area contributed by atoms with Gasteiger partial charge >= 0.3 is 0 Å². The number of aromatic nitrogens is 3. The maximum absolute atomic E-state index is 12.8. The molecule has 0 aliphatic heterocycles. The maximum Gasteiger partial charge on any atom is 0.291 e. The highest BCUT2D eigenvalue weighted by Crippen LogP contribution is 2.29. The van der Waals surface area contributed by atoms with Gasteiger partial charge in [-0.05, 0) is 49.1 Å². The second kappa shape index (κ2) is 7.70. The van der Waals surface area contributed by atoms with Crippen molar-refractivity contribution in [2.45, 2.75) is 65.5 Å². The minimum atomic E-state index is -0.0934. The van der Waals surface area contributed by atoms with E-state index in [9.17, 15) is 9.59 Å². The van der Waals surface area contributed by atoms with Crippen LogP contribution in [0.3, 0.4) is 0 Å². The highest BCUT2D eigenvalue weighted by molar-refractivity contribution is 7.17. The quantitative estimate of drug-likeness (QED) is 0.709. The first-order chi connectivity index (χ1) is 13.5. The summed E-state index contributed by atoms with van der Waals surface area (Å²) >= 11 is 1.63. The fraction of sp³-hybridized carbons (Fsp3) is 0.571. The number of amides is 1. The lowest BCUT2D eigenvalue weighted by Gasteiger charge is -2.34. The lowest BCUT2D eigenvalue weighted by Crippen LogP contribution is -2.43. The molecule has 0 spiro atoms. The molecule has 3 aromatic rings. The van der Waals surface area contributed by atoms with Gasteiger partial charge in [0.05, 0.1) is 10.2 Å². The van der Waals surface area contributed by atoms with Gasteiger partial charge in [0.2, 0.25) is 5.91 Å². The van der Waals surface area contributed by atoms with E-state index < -0.39 is 0 Å². The molecule has 0 radical (unpaired) electrons. The Labute approximate surface area is 168 Å². The number of carbonyl (C=O) groups is 1. The fourth-order valence-electron chi connectivity index (χ4n) is 4.43. The molecule has 1 saturated carbocycles. The molecule has 1 aliphatic rings. The van der Waals surface area contributed by atoms with Gasteiger partial charge in [0, 0.05) is 19.0 Å². The van der Waals surface area contributed by atoms with Crippen LogP contribution in [0.15, 0.2) is 22.3 Å². The number of nitrogens with one attached hydrogen (secondary N) is 1. The van der Waals surface area contributed by atoms with Crippen LogP contribution in [-0.4, -0.2) is 26.1 Å². The fourth-order valence-corrected chi connectivity index (χ4v) is 5.24. The average molecular weight is 401 g/mol. The van der Waals surface area contributed by atoms with Crippen molar-refractivity contribution in [1.29, 1.82) is 0 Å². The normalized spacial score (nSPS) is 22.8. The number of thiophene rings is 1. The topological polar surface area (TPSA) is 68.4 Å². The Morgan fingerprint density at radius 2 is 2.14 bits per heavy atom. The second-order valence-corrected chi connectivity index (χ2v) is 9.10.